The second kappa shape index (κ2) is 9.59. The molecule has 152 valence electrons. The Labute approximate surface area is 170 Å². The van der Waals surface area contributed by atoms with Crippen LogP contribution in [0, 0.1) is 12.8 Å². The number of aryl methyl sites for hydroxylation is 1. The van der Waals surface area contributed by atoms with Crippen molar-refractivity contribution in [2.45, 2.75) is 39.8 Å². The normalized spacial score (nSPS) is 13.0. The summed E-state index contributed by atoms with van der Waals surface area (Å²) in [5.74, 6) is 0.740. The fraction of sp³-hybridized carbons (Fsp3) is 0.429. The third-order valence-electron chi connectivity index (χ3n) is 4.58. The lowest BCUT2D eigenvalue weighted by atomic mass is 9.99. The van der Waals surface area contributed by atoms with Gasteiger partial charge in [-0.2, -0.15) is 0 Å². The van der Waals surface area contributed by atoms with Crippen molar-refractivity contribution in [1.29, 1.82) is 0 Å². The Morgan fingerprint density at radius 3 is 2.21 bits per heavy atom. The topological polar surface area (TPSA) is 76.7 Å². The van der Waals surface area contributed by atoms with Gasteiger partial charge in [0.15, 0.2) is 11.5 Å². The third kappa shape index (κ3) is 5.04. The largest absolute Gasteiger partial charge is 0.493 e. The van der Waals surface area contributed by atoms with Gasteiger partial charge in [-0.05, 0) is 54.5 Å². The van der Waals surface area contributed by atoms with Gasteiger partial charge in [0.05, 0.1) is 25.1 Å². The molecule has 1 aromatic heterocycles. The van der Waals surface area contributed by atoms with E-state index in [1.165, 1.54) is 11.3 Å². The number of nitrogens with one attached hydrogen (secondary N) is 2. The molecule has 7 heteroatoms. The van der Waals surface area contributed by atoms with Crippen LogP contribution >= 0.6 is 11.3 Å². The van der Waals surface area contributed by atoms with Crippen molar-refractivity contribution in [3.8, 4) is 11.5 Å². The number of hydrogen-bond donors (Lipinski definition) is 2. The Bertz CT molecular complexity index is 818. The molecular formula is C21H28N2O4S. The molecule has 0 bridgehead atoms. The molecule has 0 radical (unpaired) electrons. The smallest absolute Gasteiger partial charge is 0.262 e. The molecule has 0 aliphatic rings. The Balaban J connectivity index is 2.15. The molecule has 2 aromatic rings. The van der Waals surface area contributed by atoms with Gasteiger partial charge in [-0.3, -0.25) is 9.59 Å². The number of rotatable bonds is 8. The molecular weight excluding hydrogens is 376 g/mol. The molecule has 0 fully saturated rings. The van der Waals surface area contributed by atoms with Crippen molar-refractivity contribution in [3.63, 3.8) is 0 Å². The highest BCUT2D eigenvalue weighted by atomic mass is 32.1. The van der Waals surface area contributed by atoms with Crippen molar-refractivity contribution in [3.05, 3.63) is 45.6 Å². The number of amides is 2. The van der Waals surface area contributed by atoms with Crippen molar-refractivity contribution < 1.29 is 19.1 Å². The standard InChI is InChI=1S/C21H28N2O4S/c1-12(2)19(23-20(24)18-8-7-9-28-18)21(25)22-14(4)15-11-17(27-6)16(26-5)10-13(15)3/h7-12,14,19H,1-6H3,(H,22,25)(H,23,24). The van der Waals surface area contributed by atoms with Crippen LogP contribution in [-0.4, -0.2) is 32.1 Å². The van der Waals surface area contributed by atoms with Crippen molar-refractivity contribution >= 4 is 23.2 Å². The first-order valence-electron chi connectivity index (χ1n) is 9.15. The van der Waals surface area contributed by atoms with E-state index < -0.39 is 6.04 Å². The van der Waals surface area contributed by atoms with Crippen LogP contribution in [0.2, 0.25) is 0 Å². The second-order valence-electron chi connectivity index (χ2n) is 6.97. The average molecular weight is 405 g/mol. The fourth-order valence-corrected chi connectivity index (χ4v) is 3.63. The Kier molecular flexibility index (Phi) is 7.45. The van der Waals surface area contributed by atoms with Gasteiger partial charge in [-0.25, -0.2) is 0 Å². The molecule has 2 N–H and O–H groups in total. The lowest BCUT2D eigenvalue weighted by Gasteiger charge is -2.25. The van der Waals surface area contributed by atoms with Crippen LogP contribution in [-0.2, 0) is 4.79 Å². The van der Waals surface area contributed by atoms with E-state index in [0.717, 1.165) is 11.1 Å². The molecule has 0 saturated heterocycles. The van der Waals surface area contributed by atoms with E-state index in [0.29, 0.717) is 16.4 Å². The van der Waals surface area contributed by atoms with Crippen molar-refractivity contribution in [1.82, 2.24) is 10.6 Å². The number of ether oxygens (including phenoxy) is 2. The highest BCUT2D eigenvalue weighted by Crippen LogP contribution is 2.32. The number of hydrogen-bond acceptors (Lipinski definition) is 5. The number of methoxy groups -OCH3 is 2. The van der Waals surface area contributed by atoms with Gasteiger partial charge in [-0.15, -0.1) is 11.3 Å². The Hall–Kier alpha value is -2.54. The SMILES string of the molecule is COc1cc(C)c(C(C)NC(=O)C(NC(=O)c2cccs2)C(C)C)cc1OC. The van der Waals surface area contributed by atoms with Crippen LogP contribution in [0.1, 0.15) is 47.6 Å². The van der Waals surface area contributed by atoms with E-state index in [-0.39, 0.29) is 23.8 Å². The van der Waals surface area contributed by atoms with E-state index in [4.69, 9.17) is 9.47 Å². The zero-order valence-electron chi connectivity index (χ0n) is 17.2. The highest BCUT2D eigenvalue weighted by molar-refractivity contribution is 7.12. The number of carbonyl (C=O) groups is 2. The summed E-state index contributed by atoms with van der Waals surface area (Å²) in [6.07, 6.45) is 0. The first-order valence-corrected chi connectivity index (χ1v) is 10.0. The van der Waals surface area contributed by atoms with Gasteiger partial charge in [-0.1, -0.05) is 19.9 Å². The van der Waals surface area contributed by atoms with E-state index >= 15 is 0 Å². The monoisotopic (exact) mass is 404 g/mol. The van der Waals surface area contributed by atoms with Crippen LogP contribution < -0.4 is 20.1 Å². The molecule has 2 amide bonds. The lowest BCUT2D eigenvalue weighted by Crippen LogP contribution is -2.50. The summed E-state index contributed by atoms with van der Waals surface area (Å²) in [6, 6.07) is 6.42. The molecule has 1 heterocycles. The molecule has 6 nitrogen and oxygen atoms in total. The van der Waals surface area contributed by atoms with Crippen LogP contribution in [0.5, 0.6) is 11.5 Å². The van der Waals surface area contributed by atoms with Gasteiger partial charge in [0.25, 0.3) is 5.91 Å². The number of carbonyl (C=O) groups excluding carboxylic acids is 2. The maximum atomic E-state index is 12.9. The molecule has 0 spiro atoms. The first kappa shape index (κ1) is 21.8. The van der Waals surface area contributed by atoms with Crippen molar-refractivity contribution in [2.24, 2.45) is 5.92 Å². The summed E-state index contributed by atoms with van der Waals surface area (Å²) in [4.78, 5) is 25.8. The Morgan fingerprint density at radius 2 is 1.68 bits per heavy atom. The van der Waals surface area contributed by atoms with Crippen LogP contribution in [0.15, 0.2) is 29.6 Å². The van der Waals surface area contributed by atoms with E-state index in [1.807, 2.05) is 51.3 Å². The average Bonchev–Trinajstić information content (AvgIpc) is 3.19. The lowest BCUT2D eigenvalue weighted by molar-refractivity contribution is -0.124. The molecule has 28 heavy (non-hydrogen) atoms. The molecule has 0 saturated carbocycles. The molecule has 2 rings (SSSR count). The number of benzene rings is 1. The van der Waals surface area contributed by atoms with Gasteiger partial charge >= 0.3 is 0 Å². The second-order valence-corrected chi connectivity index (χ2v) is 7.91. The van der Waals surface area contributed by atoms with E-state index in [9.17, 15) is 9.59 Å². The minimum absolute atomic E-state index is 0.0531. The summed E-state index contributed by atoms with van der Waals surface area (Å²) in [5.41, 5.74) is 1.91. The molecule has 0 aliphatic carbocycles. The predicted molar refractivity (Wildman–Crippen MR) is 111 cm³/mol. The van der Waals surface area contributed by atoms with Gasteiger partial charge in [0, 0.05) is 0 Å². The molecule has 1 aromatic carbocycles. The Morgan fingerprint density at radius 1 is 1.04 bits per heavy atom. The molecule has 2 atom stereocenters. The number of thiophene rings is 1. The van der Waals surface area contributed by atoms with Gasteiger partial charge in [0.1, 0.15) is 6.04 Å². The summed E-state index contributed by atoms with van der Waals surface area (Å²) < 4.78 is 10.7. The third-order valence-corrected chi connectivity index (χ3v) is 5.45. The maximum Gasteiger partial charge on any atom is 0.262 e. The highest BCUT2D eigenvalue weighted by Gasteiger charge is 2.27. The molecule has 0 aliphatic heterocycles. The van der Waals surface area contributed by atoms with Crippen LogP contribution in [0.4, 0.5) is 0 Å². The van der Waals surface area contributed by atoms with Crippen LogP contribution in [0.25, 0.3) is 0 Å². The minimum atomic E-state index is -0.627. The first-order chi connectivity index (χ1) is 13.3. The van der Waals surface area contributed by atoms with E-state index in [2.05, 4.69) is 10.6 Å². The minimum Gasteiger partial charge on any atom is -0.493 e. The zero-order valence-corrected chi connectivity index (χ0v) is 18.0. The summed E-state index contributed by atoms with van der Waals surface area (Å²) in [7, 11) is 3.17. The van der Waals surface area contributed by atoms with Crippen molar-refractivity contribution in [2.75, 3.05) is 14.2 Å². The molecule has 2 unspecified atom stereocenters. The predicted octanol–water partition coefficient (Wildman–Crippen LogP) is 3.71. The summed E-state index contributed by atoms with van der Waals surface area (Å²) >= 11 is 1.35. The maximum absolute atomic E-state index is 12.9. The van der Waals surface area contributed by atoms with Gasteiger partial charge in [0.2, 0.25) is 5.91 Å². The quantitative estimate of drug-likeness (QED) is 0.703. The van der Waals surface area contributed by atoms with E-state index in [1.54, 1.807) is 20.3 Å². The zero-order chi connectivity index (χ0) is 20.8. The van der Waals surface area contributed by atoms with Crippen LogP contribution in [0.3, 0.4) is 0 Å². The fourth-order valence-electron chi connectivity index (χ4n) is 3.00. The van der Waals surface area contributed by atoms with Gasteiger partial charge < -0.3 is 20.1 Å². The summed E-state index contributed by atoms with van der Waals surface area (Å²) in [6.45, 7) is 7.68. The summed E-state index contributed by atoms with van der Waals surface area (Å²) in [5, 5.41) is 7.69.